The summed E-state index contributed by atoms with van der Waals surface area (Å²) in [5, 5.41) is 2.54. The topological polar surface area (TPSA) is 26.0 Å². The summed E-state index contributed by atoms with van der Waals surface area (Å²) in [5.41, 5.74) is 7.69. The van der Waals surface area contributed by atoms with Gasteiger partial charge in [-0.1, -0.05) is 85.3 Å². The van der Waals surface area contributed by atoms with E-state index in [0.29, 0.717) is 0 Å². The molecule has 0 aromatic heterocycles. The number of rotatable bonds is 7. The van der Waals surface area contributed by atoms with Crippen molar-refractivity contribution in [2.24, 2.45) is 5.73 Å². The lowest BCUT2D eigenvalue weighted by Crippen LogP contribution is -2.10. The van der Waals surface area contributed by atoms with Gasteiger partial charge < -0.3 is 5.73 Å². The Kier molecular flexibility index (Phi) is 6.06. The van der Waals surface area contributed by atoms with Crippen LogP contribution in [-0.2, 0) is 0 Å². The van der Waals surface area contributed by atoms with Gasteiger partial charge in [0.15, 0.2) is 0 Å². The Morgan fingerprint density at radius 1 is 0.950 bits per heavy atom. The summed E-state index contributed by atoms with van der Waals surface area (Å²) in [4.78, 5) is 0. The Labute approximate surface area is 130 Å². The van der Waals surface area contributed by atoms with Gasteiger partial charge in [0, 0.05) is 10.5 Å². The maximum absolute atomic E-state index is 6.41. The van der Waals surface area contributed by atoms with Crippen LogP contribution < -0.4 is 5.73 Å². The summed E-state index contributed by atoms with van der Waals surface area (Å²) >= 11 is 3.62. The van der Waals surface area contributed by atoms with Gasteiger partial charge in [0.2, 0.25) is 0 Å². The quantitative estimate of drug-likeness (QED) is 0.621. The van der Waals surface area contributed by atoms with Crippen LogP contribution in [0.1, 0.15) is 57.1 Å². The molecule has 0 radical (unpaired) electrons. The highest BCUT2D eigenvalue weighted by Gasteiger charge is 2.10. The fraction of sp³-hybridized carbons (Fsp3) is 0.444. The lowest BCUT2D eigenvalue weighted by Gasteiger charge is -2.15. The van der Waals surface area contributed by atoms with E-state index < -0.39 is 0 Å². The van der Waals surface area contributed by atoms with Crippen LogP contribution in [0.5, 0.6) is 0 Å². The number of fused-ring (bicyclic) bond motifs is 1. The molecule has 0 spiro atoms. The minimum Gasteiger partial charge on any atom is -0.324 e. The third kappa shape index (κ3) is 3.83. The Balaban J connectivity index is 2.06. The standard InChI is InChI=1S/C18H24BrN/c1-2-3-4-5-6-11-18(20)16-12-13-17(19)15-10-8-7-9-14(15)16/h7-10,12-13,18H,2-6,11,20H2,1H3. The zero-order chi connectivity index (χ0) is 14.4. The summed E-state index contributed by atoms with van der Waals surface area (Å²) in [6, 6.07) is 12.9. The predicted molar refractivity (Wildman–Crippen MR) is 92.0 cm³/mol. The highest BCUT2D eigenvalue weighted by Crippen LogP contribution is 2.31. The van der Waals surface area contributed by atoms with Crippen LogP contribution in [0.2, 0.25) is 0 Å². The second-order valence-electron chi connectivity index (χ2n) is 5.49. The van der Waals surface area contributed by atoms with Crippen molar-refractivity contribution in [2.45, 2.75) is 51.5 Å². The number of unbranched alkanes of at least 4 members (excludes halogenated alkanes) is 4. The van der Waals surface area contributed by atoms with Gasteiger partial charge in [0.1, 0.15) is 0 Å². The second kappa shape index (κ2) is 7.80. The van der Waals surface area contributed by atoms with E-state index in [4.69, 9.17) is 5.73 Å². The maximum Gasteiger partial charge on any atom is 0.0301 e. The van der Waals surface area contributed by atoms with Crippen molar-refractivity contribution in [1.29, 1.82) is 0 Å². The van der Waals surface area contributed by atoms with Gasteiger partial charge in [-0.25, -0.2) is 0 Å². The SMILES string of the molecule is CCCCCCCC(N)c1ccc(Br)c2ccccc12. The van der Waals surface area contributed by atoms with Gasteiger partial charge >= 0.3 is 0 Å². The Bertz CT molecular complexity index is 550. The molecule has 108 valence electrons. The average molecular weight is 334 g/mol. The lowest BCUT2D eigenvalue weighted by molar-refractivity contribution is 0.557. The zero-order valence-corrected chi connectivity index (χ0v) is 13.8. The summed E-state index contributed by atoms with van der Waals surface area (Å²) in [5.74, 6) is 0. The van der Waals surface area contributed by atoms with Crippen molar-refractivity contribution in [2.75, 3.05) is 0 Å². The van der Waals surface area contributed by atoms with Crippen LogP contribution in [0.4, 0.5) is 0 Å². The molecule has 2 aromatic carbocycles. The average Bonchev–Trinajstić information content (AvgIpc) is 2.47. The van der Waals surface area contributed by atoms with Crippen LogP contribution in [0, 0.1) is 0 Å². The first-order valence-corrected chi connectivity index (χ1v) is 8.46. The highest BCUT2D eigenvalue weighted by atomic mass is 79.9. The highest BCUT2D eigenvalue weighted by molar-refractivity contribution is 9.10. The minimum atomic E-state index is 0.148. The van der Waals surface area contributed by atoms with Crippen molar-refractivity contribution in [3.05, 3.63) is 46.4 Å². The Morgan fingerprint density at radius 3 is 2.40 bits per heavy atom. The molecular weight excluding hydrogens is 310 g/mol. The molecule has 0 aliphatic carbocycles. The number of nitrogens with two attached hydrogens (primary N) is 1. The predicted octanol–water partition coefficient (Wildman–Crippen LogP) is 5.96. The fourth-order valence-electron chi connectivity index (χ4n) is 2.73. The molecular formula is C18H24BrN. The first-order valence-electron chi connectivity index (χ1n) is 7.66. The van der Waals surface area contributed by atoms with Crippen molar-refractivity contribution in [3.63, 3.8) is 0 Å². The van der Waals surface area contributed by atoms with Gasteiger partial charge in [0.05, 0.1) is 0 Å². The molecule has 2 heteroatoms. The molecule has 0 aliphatic rings. The summed E-state index contributed by atoms with van der Waals surface area (Å²) < 4.78 is 1.15. The summed E-state index contributed by atoms with van der Waals surface area (Å²) in [6.07, 6.45) is 7.58. The number of halogens is 1. The molecule has 0 aliphatic heterocycles. The Hall–Kier alpha value is -0.860. The van der Waals surface area contributed by atoms with E-state index in [9.17, 15) is 0 Å². The monoisotopic (exact) mass is 333 g/mol. The maximum atomic E-state index is 6.41. The molecule has 0 saturated heterocycles. The molecule has 2 rings (SSSR count). The number of hydrogen-bond acceptors (Lipinski definition) is 1. The molecule has 2 N–H and O–H groups in total. The first-order chi connectivity index (χ1) is 9.74. The number of benzene rings is 2. The van der Waals surface area contributed by atoms with Crippen LogP contribution in [0.15, 0.2) is 40.9 Å². The fourth-order valence-corrected chi connectivity index (χ4v) is 3.21. The van der Waals surface area contributed by atoms with Crippen LogP contribution >= 0.6 is 15.9 Å². The van der Waals surface area contributed by atoms with E-state index in [1.54, 1.807) is 0 Å². The van der Waals surface area contributed by atoms with E-state index in [-0.39, 0.29) is 6.04 Å². The second-order valence-corrected chi connectivity index (χ2v) is 6.35. The molecule has 0 bridgehead atoms. The van der Waals surface area contributed by atoms with E-state index in [1.165, 1.54) is 48.4 Å². The van der Waals surface area contributed by atoms with E-state index >= 15 is 0 Å². The third-order valence-corrected chi connectivity index (χ3v) is 4.61. The molecule has 1 unspecified atom stereocenters. The van der Waals surface area contributed by atoms with Crippen LogP contribution in [0.25, 0.3) is 10.8 Å². The molecule has 0 fully saturated rings. The van der Waals surface area contributed by atoms with Crippen molar-refractivity contribution in [3.8, 4) is 0 Å². The van der Waals surface area contributed by atoms with Gasteiger partial charge in [0.25, 0.3) is 0 Å². The largest absolute Gasteiger partial charge is 0.324 e. The first kappa shape index (κ1) is 15.5. The van der Waals surface area contributed by atoms with E-state index in [2.05, 4.69) is 59.3 Å². The minimum absolute atomic E-state index is 0.148. The van der Waals surface area contributed by atoms with Gasteiger partial charge in [-0.05, 0) is 28.8 Å². The van der Waals surface area contributed by atoms with Crippen LogP contribution in [-0.4, -0.2) is 0 Å². The molecule has 1 nitrogen and oxygen atoms in total. The molecule has 2 aromatic rings. The molecule has 0 amide bonds. The smallest absolute Gasteiger partial charge is 0.0301 e. The summed E-state index contributed by atoms with van der Waals surface area (Å²) in [7, 11) is 0. The normalized spacial score (nSPS) is 12.8. The third-order valence-electron chi connectivity index (χ3n) is 3.92. The lowest BCUT2D eigenvalue weighted by atomic mass is 9.95. The van der Waals surface area contributed by atoms with Gasteiger partial charge in [-0.3, -0.25) is 0 Å². The molecule has 20 heavy (non-hydrogen) atoms. The van der Waals surface area contributed by atoms with Crippen LogP contribution in [0.3, 0.4) is 0 Å². The summed E-state index contributed by atoms with van der Waals surface area (Å²) in [6.45, 7) is 2.25. The van der Waals surface area contributed by atoms with Gasteiger partial charge in [-0.15, -0.1) is 0 Å². The molecule has 0 saturated carbocycles. The van der Waals surface area contributed by atoms with Crippen molar-refractivity contribution >= 4 is 26.7 Å². The Morgan fingerprint density at radius 2 is 1.65 bits per heavy atom. The molecule has 0 heterocycles. The zero-order valence-electron chi connectivity index (χ0n) is 12.2. The van der Waals surface area contributed by atoms with Crippen molar-refractivity contribution in [1.82, 2.24) is 0 Å². The van der Waals surface area contributed by atoms with Crippen molar-refractivity contribution < 1.29 is 0 Å². The number of hydrogen-bond donors (Lipinski definition) is 1. The van der Waals surface area contributed by atoms with Gasteiger partial charge in [-0.2, -0.15) is 0 Å². The van der Waals surface area contributed by atoms with E-state index in [1.807, 2.05) is 0 Å². The van der Waals surface area contributed by atoms with E-state index in [0.717, 1.165) is 10.9 Å². The molecule has 1 atom stereocenters.